The molecule has 0 aliphatic rings. The number of nitro benzene ring substituents is 1. The van der Waals surface area contributed by atoms with Gasteiger partial charge >= 0.3 is 0 Å². The quantitative estimate of drug-likeness (QED) is 0.340. The molecule has 29 heavy (non-hydrogen) atoms. The minimum Gasteiger partial charge on any atom is -0.490 e. The van der Waals surface area contributed by atoms with E-state index in [4.69, 9.17) is 9.47 Å². The number of para-hydroxylation sites is 1. The second-order valence-corrected chi connectivity index (χ2v) is 7.14. The van der Waals surface area contributed by atoms with Gasteiger partial charge in [-0.3, -0.25) is 14.9 Å². The molecule has 0 aromatic heterocycles. The Morgan fingerprint density at radius 2 is 2.07 bits per heavy atom. The summed E-state index contributed by atoms with van der Waals surface area (Å²) in [4.78, 5) is 22.6. The van der Waals surface area contributed by atoms with Crippen LogP contribution in [0.1, 0.15) is 31.9 Å². The van der Waals surface area contributed by atoms with Crippen molar-refractivity contribution in [2.45, 2.75) is 33.3 Å². The average Bonchev–Trinajstić information content (AvgIpc) is 2.65. The highest BCUT2D eigenvalue weighted by Gasteiger charge is 2.15. The predicted octanol–water partition coefficient (Wildman–Crippen LogP) is 4.24. The van der Waals surface area contributed by atoms with E-state index >= 15 is 0 Å². The number of ether oxygens (including phenoxy) is 2. The van der Waals surface area contributed by atoms with E-state index in [1.165, 1.54) is 12.3 Å². The lowest BCUT2D eigenvalue weighted by atomic mass is 10.1. The molecule has 0 spiro atoms. The third-order valence-corrected chi connectivity index (χ3v) is 4.22. The van der Waals surface area contributed by atoms with Gasteiger partial charge in [0.25, 0.3) is 5.69 Å². The fourth-order valence-electron chi connectivity index (χ4n) is 2.51. The monoisotopic (exact) mass is 463 g/mol. The number of carbonyl (C=O) groups is 1. The summed E-state index contributed by atoms with van der Waals surface area (Å²) in [6.07, 6.45) is 1.29. The van der Waals surface area contributed by atoms with Gasteiger partial charge in [0.15, 0.2) is 11.5 Å². The second-order valence-electron chi connectivity index (χ2n) is 6.29. The van der Waals surface area contributed by atoms with Crippen LogP contribution in [0.4, 0.5) is 5.69 Å². The molecular formula is C20H22BrN3O5. The summed E-state index contributed by atoms with van der Waals surface area (Å²) in [5.41, 5.74) is 3.29. The molecule has 154 valence electrons. The molecule has 0 aliphatic carbocycles. The minimum atomic E-state index is -0.514. The van der Waals surface area contributed by atoms with E-state index in [1.807, 2.05) is 20.8 Å². The first-order valence-electron chi connectivity index (χ1n) is 8.99. The molecule has 0 atom stereocenters. The molecule has 0 bridgehead atoms. The van der Waals surface area contributed by atoms with Crippen LogP contribution in [0.25, 0.3) is 0 Å². The molecule has 8 nitrogen and oxygen atoms in total. The zero-order valence-corrected chi connectivity index (χ0v) is 17.9. The van der Waals surface area contributed by atoms with E-state index in [2.05, 4.69) is 26.5 Å². The molecule has 2 aromatic rings. The summed E-state index contributed by atoms with van der Waals surface area (Å²) in [6, 6.07) is 9.64. The molecule has 1 amide bonds. The molecule has 9 heteroatoms. The Kier molecular flexibility index (Phi) is 8.14. The van der Waals surface area contributed by atoms with E-state index in [9.17, 15) is 14.9 Å². The third-order valence-electron chi connectivity index (χ3n) is 3.63. The lowest BCUT2D eigenvalue weighted by Crippen LogP contribution is -2.20. The smallest absolute Gasteiger partial charge is 0.273 e. The van der Waals surface area contributed by atoms with Crippen LogP contribution in [0, 0.1) is 10.1 Å². The topological polar surface area (TPSA) is 103 Å². The van der Waals surface area contributed by atoms with Crippen molar-refractivity contribution in [1.29, 1.82) is 0 Å². The van der Waals surface area contributed by atoms with Gasteiger partial charge in [-0.05, 0) is 54.4 Å². The summed E-state index contributed by atoms with van der Waals surface area (Å²) in [5.74, 6) is 0.696. The molecule has 2 rings (SSSR count). The Bertz CT molecular complexity index is 915. The van der Waals surface area contributed by atoms with Crippen molar-refractivity contribution in [3.8, 4) is 11.5 Å². The Hall–Kier alpha value is -2.94. The summed E-state index contributed by atoms with van der Waals surface area (Å²) in [5, 5.41) is 15.0. The average molecular weight is 464 g/mol. The highest BCUT2D eigenvalue weighted by Crippen LogP contribution is 2.37. The number of hydrazone groups is 1. The number of hydrogen-bond donors (Lipinski definition) is 1. The normalized spacial score (nSPS) is 10.9. The van der Waals surface area contributed by atoms with Gasteiger partial charge in [0.05, 0.1) is 34.7 Å². The summed E-state index contributed by atoms with van der Waals surface area (Å²) in [7, 11) is 0. The summed E-state index contributed by atoms with van der Waals surface area (Å²) in [6.45, 7) is 6.18. The standard InChI is InChI=1S/C20H22BrN3O5/c1-4-28-18-10-14(9-16(21)20(18)29-13(2)3)12-22-23-19(25)11-15-7-5-6-8-17(15)24(26)27/h5-10,12-13H,4,11H2,1-3H3,(H,23,25)/b22-12+. The highest BCUT2D eigenvalue weighted by molar-refractivity contribution is 9.10. The van der Waals surface area contributed by atoms with Crippen molar-refractivity contribution in [2.24, 2.45) is 5.10 Å². The van der Waals surface area contributed by atoms with Crippen LogP contribution in [0.5, 0.6) is 11.5 Å². The Morgan fingerprint density at radius 3 is 2.72 bits per heavy atom. The van der Waals surface area contributed by atoms with Crippen LogP contribution in [0.3, 0.4) is 0 Å². The first kappa shape index (κ1) is 22.4. The van der Waals surface area contributed by atoms with Crippen LogP contribution in [-0.2, 0) is 11.2 Å². The molecule has 2 aromatic carbocycles. The number of nitro groups is 1. The van der Waals surface area contributed by atoms with Gasteiger partial charge in [0, 0.05) is 11.6 Å². The van der Waals surface area contributed by atoms with Gasteiger partial charge in [0.1, 0.15) is 0 Å². The second kappa shape index (κ2) is 10.6. The number of nitrogens with one attached hydrogen (secondary N) is 1. The van der Waals surface area contributed by atoms with E-state index in [-0.39, 0.29) is 18.2 Å². The van der Waals surface area contributed by atoms with Crippen molar-refractivity contribution in [3.05, 3.63) is 62.1 Å². The molecule has 1 N–H and O–H groups in total. The zero-order valence-electron chi connectivity index (χ0n) is 16.3. The summed E-state index contributed by atoms with van der Waals surface area (Å²) < 4.78 is 12.1. The predicted molar refractivity (Wildman–Crippen MR) is 114 cm³/mol. The highest BCUT2D eigenvalue weighted by atomic mass is 79.9. The number of rotatable bonds is 9. The van der Waals surface area contributed by atoms with Crippen LogP contribution in [0.15, 0.2) is 46.0 Å². The van der Waals surface area contributed by atoms with Crippen LogP contribution >= 0.6 is 15.9 Å². The van der Waals surface area contributed by atoms with Gasteiger partial charge in [-0.25, -0.2) is 5.43 Å². The Morgan fingerprint density at radius 1 is 1.34 bits per heavy atom. The number of nitrogens with zero attached hydrogens (tertiary/aromatic N) is 2. The minimum absolute atomic E-state index is 0.0219. The maximum atomic E-state index is 12.1. The fraction of sp³-hybridized carbons (Fsp3) is 0.300. The first-order valence-corrected chi connectivity index (χ1v) is 9.78. The van der Waals surface area contributed by atoms with Crippen LogP contribution in [-0.4, -0.2) is 29.8 Å². The van der Waals surface area contributed by atoms with Gasteiger partial charge in [-0.15, -0.1) is 0 Å². The molecule has 0 saturated carbocycles. The Balaban J connectivity index is 2.10. The number of hydrogen-bond acceptors (Lipinski definition) is 6. The number of carbonyl (C=O) groups excluding carboxylic acids is 1. The van der Waals surface area contributed by atoms with Crippen LogP contribution in [0.2, 0.25) is 0 Å². The lowest BCUT2D eigenvalue weighted by molar-refractivity contribution is -0.385. The maximum Gasteiger partial charge on any atom is 0.273 e. The van der Waals surface area contributed by atoms with Crippen molar-refractivity contribution >= 4 is 33.7 Å². The first-order chi connectivity index (χ1) is 13.8. The number of amides is 1. The van der Waals surface area contributed by atoms with E-state index in [0.717, 1.165) is 0 Å². The molecule has 0 unspecified atom stereocenters. The third kappa shape index (κ3) is 6.56. The molecule has 0 fully saturated rings. The van der Waals surface area contributed by atoms with E-state index in [1.54, 1.807) is 30.3 Å². The largest absolute Gasteiger partial charge is 0.490 e. The molecule has 0 saturated heterocycles. The molecule has 0 aliphatic heterocycles. The number of benzene rings is 2. The van der Waals surface area contributed by atoms with Crippen molar-refractivity contribution in [2.75, 3.05) is 6.61 Å². The van der Waals surface area contributed by atoms with Crippen molar-refractivity contribution in [1.82, 2.24) is 5.43 Å². The summed E-state index contributed by atoms with van der Waals surface area (Å²) >= 11 is 3.47. The lowest BCUT2D eigenvalue weighted by Gasteiger charge is -2.16. The van der Waals surface area contributed by atoms with Gasteiger partial charge in [0.2, 0.25) is 5.91 Å². The Labute approximate surface area is 177 Å². The zero-order chi connectivity index (χ0) is 21.4. The van der Waals surface area contributed by atoms with Crippen molar-refractivity contribution < 1.29 is 19.2 Å². The molecule has 0 heterocycles. The fourth-order valence-corrected chi connectivity index (χ4v) is 3.06. The SMILES string of the molecule is CCOc1cc(/C=N/NC(=O)Cc2ccccc2[N+](=O)[O-])cc(Br)c1OC(C)C. The van der Waals surface area contributed by atoms with Gasteiger partial charge < -0.3 is 9.47 Å². The van der Waals surface area contributed by atoms with Gasteiger partial charge in [-0.1, -0.05) is 18.2 Å². The van der Waals surface area contributed by atoms with Crippen molar-refractivity contribution in [3.63, 3.8) is 0 Å². The van der Waals surface area contributed by atoms with E-state index in [0.29, 0.717) is 33.7 Å². The van der Waals surface area contributed by atoms with Crippen LogP contribution < -0.4 is 14.9 Å². The molecule has 0 radical (unpaired) electrons. The van der Waals surface area contributed by atoms with Gasteiger partial charge in [-0.2, -0.15) is 5.10 Å². The maximum absolute atomic E-state index is 12.1. The molecular weight excluding hydrogens is 442 g/mol. The number of halogens is 1. The van der Waals surface area contributed by atoms with E-state index < -0.39 is 10.8 Å².